The smallest absolute Gasteiger partial charge is 0.312 e. The van der Waals surface area contributed by atoms with Gasteiger partial charge in [0.15, 0.2) is 0 Å². The van der Waals surface area contributed by atoms with Crippen molar-refractivity contribution in [3.63, 3.8) is 0 Å². The predicted octanol–water partition coefficient (Wildman–Crippen LogP) is 2.28. The van der Waals surface area contributed by atoms with Crippen LogP contribution in [0.2, 0.25) is 0 Å². The number of hydrogen-bond donors (Lipinski definition) is 2. The second-order valence-corrected chi connectivity index (χ2v) is 6.32. The van der Waals surface area contributed by atoms with Gasteiger partial charge >= 0.3 is 5.97 Å². The van der Waals surface area contributed by atoms with E-state index in [1.807, 2.05) is 0 Å². The third-order valence-electron chi connectivity index (χ3n) is 4.33. The van der Waals surface area contributed by atoms with E-state index >= 15 is 0 Å². The number of carbonyl (C=O) groups is 1. The summed E-state index contributed by atoms with van der Waals surface area (Å²) in [6, 6.07) is 0. The largest absolute Gasteiger partial charge is 0.481 e. The third kappa shape index (κ3) is 1.86. The monoisotopic (exact) mass is 244 g/mol. The fourth-order valence-electron chi connectivity index (χ4n) is 3.21. The molecule has 0 aromatic carbocycles. The molecular weight excluding hydrogens is 224 g/mol. The molecule has 0 amide bonds. The second-order valence-electron chi connectivity index (χ2n) is 5.09. The van der Waals surface area contributed by atoms with E-state index in [0.29, 0.717) is 25.7 Å². The molecule has 2 rings (SSSR count). The molecule has 1 saturated carbocycles. The summed E-state index contributed by atoms with van der Waals surface area (Å²) in [4.78, 5) is 11.6. The van der Waals surface area contributed by atoms with Gasteiger partial charge in [0.25, 0.3) is 0 Å². The quantitative estimate of drug-likeness (QED) is 0.782. The molecule has 2 fully saturated rings. The lowest BCUT2D eigenvalue weighted by atomic mass is 9.62. The van der Waals surface area contributed by atoms with Gasteiger partial charge in [0, 0.05) is 0 Å². The molecule has 1 aliphatic carbocycles. The minimum atomic E-state index is -0.946. The van der Waals surface area contributed by atoms with Crippen molar-refractivity contribution in [3.05, 3.63) is 0 Å². The normalized spacial score (nSPS) is 28.6. The topological polar surface area (TPSA) is 57.5 Å². The number of carboxylic acids is 1. The Morgan fingerprint density at radius 1 is 1.00 bits per heavy atom. The number of thioether (sulfide) groups is 1. The van der Waals surface area contributed by atoms with Crippen LogP contribution in [0.3, 0.4) is 0 Å². The third-order valence-corrected chi connectivity index (χ3v) is 5.31. The molecule has 3 nitrogen and oxygen atoms in total. The van der Waals surface area contributed by atoms with Crippen LogP contribution in [0, 0.1) is 5.41 Å². The van der Waals surface area contributed by atoms with Crippen LogP contribution in [-0.2, 0) is 4.79 Å². The van der Waals surface area contributed by atoms with Gasteiger partial charge in [0.1, 0.15) is 0 Å². The average molecular weight is 244 g/mol. The molecule has 4 heteroatoms. The molecule has 2 aliphatic rings. The molecule has 92 valence electrons. The van der Waals surface area contributed by atoms with E-state index in [9.17, 15) is 15.0 Å². The Hall–Kier alpha value is -0.220. The zero-order valence-electron chi connectivity index (χ0n) is 9.57. The Balaban J connectivity index is 2.26. The van der Waals surface area contributed by atoms with Crippen LogP contribution in [0.15, 0.2) is 0 Å². The molecule has 1 heterocycles. The number of aliphatic hydroxyl groups is 1. The predicted molar refractivity (Wildman–Crippen MR) is 64.7 cm³/mol. The first-order valence-electron chi connectivity index (χ1n) is 6.14. The molecule has 0 bridgehead atoms. The highest BCUT2D eigenvalue weighted by atomic mass is 32.2. The van der Waals surface area contributed by atoms with Gasteiger partial charge in [-0.15, -0.1) is 0 Å². The summed E-state index contributed by atoms with van der Waals surface area (Å²) in [5.74, 6) is 0.959. The highest BCUT2D eigenvalue weighted by molar-refractivity contribution is 7.99. The van der Waals surface area contributed by atoms with Crippen molar-refractivity contribution >= 4 is 17.7 Å². The van der Waals surface area contributed by atoms with E-state index in [1.165, 1.54) is 0 Å². The second kappa shape index (κ2) is 4.57. The Labute approximate surface area is 101 Å². The van der Waals surface area contributed by atoms with Crippen LogP contribution in [0.4, 0.5) is 0 Å². The van der Waals surface area contributed by atoms with Crippen molar-refractivity contribution in [2.24, 2.45) is 5.41 Å². The molecule has 16 heavy (non-hydrogen) atoms. The van der Waals surface area contributed by atoms with Crippen molar-refractivity contribution in [1.82, 2.24) is 0 Å². The van der Waals surface area contributed by atoms with Crippen LogP contribution in [0.1, 0.15) is 44.9 Å². The van der Waals surface area contributed by atoms with Crippen molar-refractivity contribution < 1.29 is 15.0 Å². The lowest BCUT2D eigenvalue weighted by Gasteiger charge is -2.48. The fourth-order valence-corrected chi connectivity index (χ4v) is 4.40. The van der Waals surface area contributed by atoms with E-state index in [0.717, 1.165) is 30.8 Å². The first kappa shape index (κ1) is 12.2. The Morgan fingerprint density at radius 3 is 2.06 bits per heavy atom. The maximum atomic E-state index is 11.6. The molecule has 1 aliphatic heterocycles. The molecule has 0 radical (unpaired) electrons. The van der Waals surface area contributed by atoms with Crippen molar-refractivity contribution in [1.29, 1.82) is 0 Å². The molecule has 0 aromatic rings. The highest BCUT2D eigenvalue weighted by Crippen LogP contribution is 2.50. The maximum absolute atomic E-state index is 11.6. The maximum Gasteiger partial charge on any atom is 0.312 e. The SMILES string of the molecule is O=C(O)C1(C2(O)CCCCC2)CCSCC1. The van der Waals surface area contributed by atoms with Gasteiger partial charge in [-0.2, -0.15) is 11.8 Å². The first-order valence-corrected chi connectivity index (χ1v) is 7.30. The summed E-state index contributed by atoms with van der Waals surface area (Å²) in [5.41, 5.74) is -1.81. The summed E-state index contributed by atoms with van der Waals surface area (Å²) in [5, 5.41) is 20.3. The van der Waals surface area contributed by atoms with Gasteiger partial charge in [0.05, 0.1) is 11.0 Å². The molecule has 0 atom stereocenters. The lowest BCUT2D eigenvalue weighted by Crippen LogP contribution is -2.56. The van der Waals surface area contributed by atoms with Gasteiger partial charge in [-0.3, -0.25) is 4.79 Å². The lowest BCUT2D eigenvalue weighted by molar-refractivity contribution is -0.176. The van der Waals surface area contributed by atoms with E-state index in [4.69, 9.17) is 0 Å². The van der Waals surface area contributed by atoms with Crippen molar-refractivity contribution in [2.75, 3.05) is 11.5 Å². The summed E-state index contributed by atoms with van der Waals surface area (Å²) in [6.45, 7) is 0. The summed E-state index contributed by atoms with van der Waals surface area (Å²) in [7, 11) is 0. The van der Waals surface area contributed by atoms with E-state index < -0.39 is 17.0 Å². The Bertz CT molecular complexity index is 265. The fraction of sp³-hybridized carbons (Fsp3) is 0.917. The van der Waals surface area contributed by atoms with Gasteiger partial charge in [-0.1, -0.05) is 19.3 Å². The van der Waals surface area contributed by atoms with Crippen LogP contribution in [-0.4, -0.2) is 33.3 Å². The van der Waals surface area contributed by atoms with Crippen LogP contribution < -0.4 is 0 Å². The van der Waals surface area contributed by atoms with Crippen molar-refractivity contribution in [2.45, 2.75) is 50.5 Å². The summed E-state index contributed by atoms with van der Waals surface area (Å²) in [6.07, 6.45) is 5.67. The van der Waals surface area contributed by atoms with Gasteiger partial charge in [0.2, 0.25) is 0 Å². The first-order chi connectivity index (χ1) is 7.61. The van der Waals surface area contributed by atoms with Gasteiger partial charge in [-0.25, -0.2) is 0 Å². The van der Waals surface area contributed by atoms with Crippen molar-refractivity contribution in [3.8, 4) is 0 Å². The van der Waals surface area contributed by atoms with E-state index in [-0.39, 0.29) is 0 Å². The van der Waals surface area contributed by atoms with Crippen LogP contribution >= 0.6 is 11.8 Å². The van der Waals surface area contributed by atoms with E-state index in [1.54, 1.807) is 11.8 Å². The van der Waals surface area contributed by atoms with Crippen LogP contribution in [0.5, 0.6) is 0 Å². The number of aliphatic carboxylic acids is 1. The van der Waals surface area contributed by atoms with E-state index in [2.05, 4.69) is 0 Å². The molecular formula is C12H20O3S. The van der Waals surface area contributed by atoms with Crippen LogP contribution in [0.25, 0.3) is 0 Å². The van der Waals surface area contributed by atoms with Gasteiger partial charge in [-0.05, 0) is 37.2 Å². The molecule has 0 aromatic heterocycles. The molecule has 0 unspecified atom stereocenters. The molecule has 1 saturated heterocycles. The zero-order chi connectivity index (χ0) is 11.6. The van der Waals surface area contributed by atoms with Gasteiger partial charge < -0.3 is 10.2 Å². The number of carboxylic acid groups (broad SMARTS) is 1. The average Bonchev–Trinajstić information content (AvgIpc) is 2.30. The number of rotatable bonds is 2. The Kier molecular flexibility index (Phi) is 3.50. The summed E-state index contributed by atoms with van der Waals surface area (Å²) >= 11 is 1.80. The zero-order valence-corrected chi connectivity index (χ0v) is 10.4. The summed E-state index contributed by atoms with van der Waals surface area (Å²) < 4.78 is 0. The number of hydrogen-bond acceptors (Lipinski definition) is 3. The minimum absolute atomic E-state index is 0.628. The molecule has 2 N–H and O–H groups in total. The molecule has 0 spiro atoms. The standard InChI is InChI=1S/C12H20O3S/c13-10(14)11(6-8-16-9-7-11)12(15)4-2-1-3-5-12/h15H,1-9H2,(H,13,14). The minimum Gasteiger partial charge on any atom is -0.481 e. The Morgan fingerprint density at radius 2 is 1.56 bits per heavy atom. The highest BCUT2D eigenvalue weighted by Gasteiger charge is 2.56.